The van der Waals surface area contributed by atoms with Crippen molar-refractivity contribution in [2.24, 2.45) is 0 Å². The van der Waals surface area contributed by atoms with E-state index in [1.165, 1.54) is 19.1 Å². The molecule has 0 aliphatic rings. The number of benzene rings is 2. The number of aromatic nitrogens is 1. The van der Waals surface area contributed by atoms with Crippen molar-refractivity contribution < 1.29 is 22.4 Å². The Morgan fingerprint density at radius 2 is 1.61 bits per heavy atom. The van der Waals surface area contributed by atoms with Crippen LogP contribution in [0.3, 0.4) is 0 Å². The lowest BCUT2D eigenvalue weighted by Gasteiger charge is -2.06. The van der Waals surface area contributed by atoms with Crippen LogP contribution in [-0.2, 0) is 26.0 Å². The van der Waals surface area contributed by atoms with Crippen molar-refractivity contribution in [1.29, 1.82) is 0 Å². The minimum atomic E-state index is -3.87. The predicted octanol–water partition coefficient (Wildman–Crippen LogP) is 3.61. The van der Waals surface area contributed by atoms with Gasteiger partial charge < -0.3 is 10.6 Å². The first kappa shape index (κ1) is 22.4. The van der Waals surface area contributed by atoms with Crippen LogP contribution < -0.4 is 15.4 Å². The fourth-order valence-electron chi connectivity index (χ4n) is 2.56. The number of anilines is 3. The minimum Gasteiger partial charge on any atom is -0.326 e. The Bertz CT molecular complexity index is 1180. The monoisotopic (exact) mass is 462 g/mol. The summed E-state index contributed by atoms with van der Waals surface area (Å²) in [6, 6.07) is 11.2. The Balaban J connectivity index is 1.52. The molecule has 3 aromatic rings. The molecule has 3 N–H and O–H groups in total. The number of nitrogens with one attached hydrogen (secondary N) is 3. The number of halogens is 1. The van der Waals surface area contributed by atoms with E-state index in [1.54, 1.807) is 29.6 Å². The number of carbonyl (C=O) groups excluding carboxylic acids is 2. The van der Waals surface area contributed by atoms with Gasteiger partial charge in [-0.1, -0.05) is 0 Å². The zero-order valence-electron chi connectivity index (χ0n) is 16.4. The van der Waals surface area contributed by atoms with E-state index in [0.717, 1.165) is 23.5 Å². The van der Waals surface area contributed by atoms with Crippen LogP contribution in [0.15, 0.2) is 58.8 Å². The molecule has 2 amide bonds. The van der Waals surface area contributed by atoms with Crippen LogP contribution in [-0.4, -0.2) is 25.2 Å². The lowest BCUT2D eigenvalue weighted by molar-refractivity contribution is -0.116. The highest BCUT2D eigenvalue weighted by Crippen LogP contribution is 2.21. The number of hydrogen-bond acceptors (Lipinski definition) is 6. The summed E-state index contributed by atoms with van der Waals surface area (Å²) in [6.07, 6.45) is 0.478. The third kappa shape index (κ3) is 6.59. The minimum absolute atomic E-state index is 0.0745. The molecule has 2 aromatic carbocycles. The number of amides is 2. The number of carbonyl (C=O) groups is 2. The highest BCUT2D eigenvalue weighted by molar-refractivity contribution is 7.93. The van der Waals surface area contributed by atoms with Gasteiger partial charge in [-0.25, -0.2) is 17.8 Å². The average molecular weight is 463 g/mol. The average Bonchev–Trinajstić information content (AvgIpc) is 3.14. The molecule has 1 heterocycles. The van der Waals surface area contributed by atoms with Crippen LogP contribution in [0.2, 0.25) is 0 Å². The smallest absolute Gasteiger partial charge is 0.263 e. The normalized spacial score (nSPS) is 11.0. The first-order valence-corrected chi connectivity index (χ1v) is 11.5. The zero-order chi connectivity index (χ0) is 22.4. The summed E-state index contributed by atoms with van der Waals surface area (Å²) < 4.78 is 40.0. The summed E-state index contributed by atoms with van der Waals surface area (Å²) >= 11 is 1.09. The summed E-state index contributed by atoms with van der Waals surface area (Å²) in [5, 5.41) is 7.21. The van der Waals surface area contributed by atoms with Crippen molar-refractivity contribution in [3.8, 4) is 0 Å². The SMILES string of the molecule is CC(=O)Nc1ccc(NC(=O)CCc2csc(NS(=O)(=O)c3ccc(F)cc3)n2)cc1. The summed E-state index contributed by atoms with van der Waals surface area (Å²) in [7, 11) is -3.87. The maximum absolute atomic E-state index is 13.0. The highest BCUT2D eigenvalue weighted by atomic mass is 32.2. The van der Waals surface area contributed by atoms with Crippen molar-refractivity contribution in [3.05, 3.63) is 65.4 Å². The molecule has 0 fully saturated rings. The van der Waals surface area contributed by atoms with E-state index >= 15 is 0 Å². The van der Waals surface area contributed by atoms with Gasteiger partial charge in [-0.3, -0.25) is 14.3 Å². The number of thiazole rings is 1. The van der Waals surface area contributed by atoms with Crippen LogP contribution in [0, 0.1) is 5.82 Å². The van der Waals surface area contributed by atoms with E-state index < -0.39 is 15.8 Å². The lowest BCUT2D eigenvalue weighted by Crippen LogP contribution is -2.13. The van der Waals surface area contributed by atoms with Crippen LogP contribution >= 0.6 is 11.3 Å². The first-order chi connectivity index (χ1) is 14.7. The van der Waals surface area contributed by atoms with Gasteiger partial charge in [0.2, 0.25) is 11.8 Å². The van der Waals surface area contributed by atoms with Crippen molar-refractivity contribution >= 4 is 49.7 Å². The Morgan fingerprint density at radius 1 is 1.00 bits per heavy atom. The molecule has 8 nitrogen and oxygen atoms in total. The van der Waals surface area contributed by atoms with Gasteiger partial charge in [0.05, 0.1) is 10.6 Å². The summed E-state index contributed by atoms with van der Waals surface area (Å²) in [6.45, 7) is 1.41. The van der Waals surface area contributed by atoms with Gasteiger partial charge in [0, 0.05) is 30.1 Å². The molecular formula is C20H19FN4O4S2. The van der Waals surface area contributed by atoms with E-state index in [4.69, 9.17) is 0 Å². The molecule has 3 rings (SSSR count). The largest absolute Gasteiger partial charge is 0.326 e. The first-order valence-electron chi connectivity index (χ1n) is 9.11. The highest BCUT2D eigenvalue weighted by Gasteiger charge is 2.16. The third-order valence-corrected chi connectivity index (χ3v) is 6.29. The Hall–Kier alpha value is -3.31. The molecule has 0 radical (unpaired) electrons. The van der Waals surface area contributed by atoms with E-state index in [9.17, 15) is 22.4 Å². The number of nitrogens with zero attached hydrogens (tertiary/aromatic N) is 1. The number of rotatable bonds is 8. The maximum atomic E-state index is 13.0. The summed E-state index contributed by atoms with van der Waals surface area (Å²) in [4.78, 5) is 27.3. The molecule has 0 bridgehead atoms. The van der Waals surface area contributed by atoms with Crippen LogP contribution in [0.1, 0.15) is 19.0 Å². The molecule has 0 aliphatic heterocycles. The van der Waals surface area contributed by atoms with E-state index in [0.29, 0.717) is 23.5 Å². The van der Waals surface area contributed by atoms with Gasteiger partial charge in [0.15, 0.2) is 5.13 Å². The predicted molar refractivity (Wildman–Crippen MR) is 117 cm³/mol. The van der Waals surface area contributed by atoms with Crippen LogP contribution in [0.4, 0.5) is 20.9 Å². The standard InChI is InChI=1S/C20H19FN4O4S2/c1-13(26)22-15-4-6-16(7-5-15)23-19(27)11-8-17-12-30-20(24-17)25-31(28,29)18-9-2-14(21)3-10-18/h2-7,9-10,12H,8,11H2,1H3,(H,22,26)(H,23,27)(H,24,25). The maximum Gasteiger partial charge on any atom is 0.263 e. The van der Waals surface area contributed by atoms with Crippen LogP contribution in [0.5, 0.6) is 0 Å². The molecule has 31 heavy (non-hydrogen) atoms. The second kappa shape index (κ2) is 9.67. The Kier molecular flexibility index (Phi) is 6.98. The van der Waals surface area contributed by atoms with Crippen molar-refractivity contribution in [2.75, 3.05) is 15.4 Å². The molecule has 162 valence electrons. The molecule has 1 aromatic heterocycles. The van der Waals surface area contributed by atoms with E-state index in [-0.39, 0.29) is 28.3 Å². The summed E-state index contributed by atoms with van der Waals surface area (Å²) in [5.74, 6) is -0.939. The van der Waals surface area contributed by atoms with Crippen molar-refractivity contribution in [3.63, 3.8) is 0 Å². The van der Waals surface area contributed by atoms with Crippen LogP contribution in [0.25, 0.3) is 0 Å². The van der Waals surface area contributed by atoms with Gasteiger partial charge in [-0.15, -0.1) is 11.3 Å². The van der Waals surface area contributed by atoms with Gasteiger partial charge >= 0.3 is 0 Å². The number of hydrogen-bond donors (Lipinski definition) is 3. The van der Waals surface area contributed by atoms with E-state index in [2.05, 4.69) is 20.3 Å². The lowest BCUT2D eigenvalue weighted by atomic mass is 10.2. The molecule has 0 atom stereocenters. The van der Waals surface area contributed by atoms with Crippen molar-refractivity contribution in [1.82, 2.24) is 4.98 Å². The van der Waals surface area contributed by atoms with Gasteiger partial charge in [-0.05, 0) is 55.0 Å². The third-order valence-electron chi connectivity index (χ3n) is 3.99. The molecule has 11 heteroatoms. The number of aryl methyl sites for hydroxylation is 1. The molecular weight excluding hydrogens is 443 g/mol. The Labute approximate surface area is 182 Å². The quantitative estimate of drug-likeness (QED) is 0.473. The fourth-order valence-corrected chi connectivity index (χ4v) is 4.56. The number of sulfonamides is 1. The molecule has 0 unspecified atom stereocenters. The Morgan fingerprint density at radius 3 is 2.23 bits per heavy atom. The molecule has 0 saturated carbocycles. The molecule has 0 aliphatic carbocycles. The second-order valence-corrected chi connectivity index (χ2v) is 9.05. The van der Waals surface area contributed by atoms with E-state index in [1.807, 2.05) is 0 Å². The zero-order valence-corrected chi connectivity index (χ0v) is 18.0. The topological polar surface area (TPSA) is 117 Å². The van der Waals surface area contributed by atoms with Gasteiger partial charge in [-0.2, -0.15) is 0 Å². The molecule has 0 saturated heterocycles. The summed E-state index contributed by atoms with van der Waals surface area (Å²) in [5.41, 5.74) is 1.78. The fraction of sp³-hybridized carbons (Fsp3) is 0.150. The molecule has 0 spiro atoms. The van der Waals surface area contributed by atoms with Gasteiger partial charge in [0.1, 0.15) is 5.82 Å². The second-order valence-electron chi connectivity index (χ2n) is 6.51. The van der Waals surface area contributed by atoms with Gasteiger partial charge in [0.25, 0.3) is 10.0 Å². The van der Waals surface area contributed by atoms with Crippen molar-refractivity contribution in [2.45, 2.75) is 24.7 Å².